The third kappa shape index (κ3) is 2.48. The molecule has 2 heterocycles. The maximum Gasteiger partial charge on any atom is 0.150 e. The van der Waals surface area contributed by atoms with Crippen LogP contribution < -0.4 is 10.2 Å². The van der Waals surface area contributed by atoms with Crippen molar-refractivity contribution in [3.63, 3.8) is 0 Å². The molecule has 1 aromatic carbocycles. The zero-order valence-electron chi connectivity index (χ0n) is 10.6. The van der Waals surface area contributed by atoms with Gasteiger partial charge in [-0.3, -0.25) is 0 Å². The summed E-state index contributed by atoms with van der Waals surface area (Å²) in [6.45, 7) is 5.82. The Hall–Kier alpha value is -1.10. The molecule has 1 aliphatic rings. The van der Waals surface area contributed by atoms with E-state index in [2.05, 4.69) is 15.2 Å². The Kier molecular flexibility index (Phi) is 3.48. The highest BCUT2D eigenvalue weighted by Crippen LogP contribution is 2.28. The first-order chi connectivity index (χ1) is 9.15. The van der Waals surface area contributed by atoms with Crippen LogP contribution in [-0.4, -0.2) is 36.1 Å². The van der Waals surface area contributed by atoms with Crippen LogP contribution in [0.3, 0.4) is 0 Å². The predicted molar refractivity (Wildman–Crippen MR) is 79.4 cm³/mol. The second-order valence-electron chi connectivity index (χ2n) is 4.62. The second-order valence-corrected chi connectivity index (χ2v) is 5.44. The molecule has 0 unspecified atom stereocenters. The van der Waals surface area contributed by atoms with Crippen molar-refractivity contribution >= 4 is 40.1 Å². The van der Waals surface area contributed by atoms with E-state index < -0.39 is 0 Å². The number of halogens is 2. The lowest BCUT2D eigenvalue weighted by molar-refractivity contribution is 0.584. The van der Waals surface area contributed by atoms with Gasteiger partial charge in [-0.25, -0.2) is 9.97 Å². The largest absolute Gasteiger partial charge is 0.353 e. The van der Waals surface area contributed by atoms with Crippen LogP contribution in [0.5, 0.6) is 0 Å². The molecule has 1 saturated heterocycles. The van der Waals surface area contributed by atoms with Crippen LogP contribution in [0.15, 0.2) is 12.1 Å². The predicted octanol–water partition coefficient (Wildman–Crippen LogP) is 2.65. The molecule has 0 aliphatic carbocycles. The summed E-state index contributed by atoms with van der Waals surface area (Å²) in [6.07, 6.45) is 0. The fourth-order valence-corrected chi connectivity index (χ4v) is 2.62. The monoisotopic (exact) mass is 296 g/mol. The minimum atomic E-state index is 0.512. The van der Waals surface area contributed by atoms with Gasteiger partial charge in [0.2, 0.25) is 0 Å². The first kappa shape index (κ1) is 12.9. The Labute approximate surface area is 121 Å². The minimum Gasteiger partial charge on any atom is -0.353 e. The van der Waals surface area contributed by atoms with Crippen molar-refractivity contribution in [1.29, 1.82) is 0 Å². The average molecular weight is 297 g/mol. The molecule has 0 atom stereocenters. The quantitative estimate of drug-likeness (QED) is 0.878. The third-order valence-electron chi connectivity index (χ3n) is 3.27. The number of fused-ring (bicyclic) bond motifs is 1. The van der Waals surface area contributed by atoms with E-state index in [0.717, 1.165) is 48.7 Å². The third-order valence-corrected chi connectivity index (χ3v) is 3.99. The molecule has 1 aromatic heterocycles. The lowest BCUT2D eigenvalue weighted by atomic mass is 10.2. The first-order valence-electron chi connectivity index (χ1n) is 6.24. The number of piperazine rings is 1. The van der Waals surface area contributed by atoms with Gasteiger partial charge in [0.05, 0.1) is 26.8 Å². The Bertz CT molecular complexity index is 624. The molecule has 0 bridgehead atoms. The fourth-order valence-electron chi connectivity index (χ4n) is 2.31. The number of benzene rings is 1. The topological polar surface area (TPSA) is 41.1 Å². The second kappa shape index (κ2) is 5.12. The number of anilines is 1. The van der Waals surface area contributed by atoms with Crippen molar-refractivity contribution < 1.29 is 0 Å². The summed E-state index contributed by atoms with van der Waals surface area (Å²) >= 11 is 12.1. The Balaban J connectivity index is 2.10. The summed E-state index contributed by atoms with van der Waals surface area (Å²) in [7, 11) is 0. The van der Waals surface area contributed by atoms with Crippen molar-refractivity contribution in [3.05, 3.63) is 27.9 Å². The molecule has 0 saturated carbocycles. The number of hydrogen-bond donors (Lipinski definition) is 1. The molecule has 4 nitrogen and oxygen atoms in total. The van der Waals surface area contributed by atoms with Crippen molar-refractivity contribution in [2.75, 3.05) is 31.1 Å². The summed E-state index contributed by atoms with van der Waals surface area (Å²) in [6, 6.07) is 3.54. The van der Waals surface area contributed by atoms with Gasteiger partial charge in [-0.1, -0.05) is 23.2 Å². The van der Waals surface area contributed by atoms with Crippen LogP contribution in [0.4, 0.5) is 5.82 Å². The summed E-state index contributed by atoms with van der Waals surface area (Å²) < 4.78 is 0. The highest BCUT2D eigenvalue weighted by molar-refractivity contribution is 6.42. The zero-order valence-corrected chi connectivity index (χ0v) is 12.1. The number of hydrogen-bond acceptors (Lipinski definition) is 4. The van der Waals surface area contributed by atoms with Crippen LogP contribution in [0.1, 0.15) is 5.69 Å². The standard InChI is InChI=1S/C13H14Cl2N4/c1-8-13(19-4-2-16-3-5-19)18-12-7-10(15)9(14)6-11(12)17-8/h6-7,16H,2-5H2,1H3. The molecule has 100 valence electrons. The molecule has 0 amide bonds. The van der Waals surface area contributed by atoms with Crippen LogP contribution in [-0.2, 0) is 0 Å². The maximum atomic E-state index is 6.04. The van der Waals surface area contributed by atoms with E-state index >= 15 is 0 Å². The molecular weight excluding hydrogens is 283 g/mol. The SMILES string of the molecule is Cc1nc2cc(Cl)c(Cl)cc2nc1N1CCNCC1. The van der Waals surface area contributed by atoms with Crippen LogP contribution in [0.2, 0.25) is 10.0 Å². The Morgan fingerprint density at radius 2 is 1.63 bits per heavy atom. The van der Waals surface area contributed by atoms with E-state index in [0.29, 0.717) is 10.0 Å². The normalized spacial score (nSPS) is 16.1. The van der Waals surface area contributed by atoms with Crippen LogP contribution in [0, 0.1) is 6.92 Å². The number of aromatic nitrogens is 2. The molecule has 1 fully saturated rings. The van der Waals surface area contributed by atoms with Gasteiger partial charge in [0.1, 0.15) is 0 Å². The molecular formula is C13H14Cl2N4. The fraction of sp³-hybridized carbons (Fsp3) is 0.385. The van der Waals surface area contributed by atoms with Gasteiger partial charge < -0.3 is 10.2 Å². The van der Waals surface area contributed by atoms with E-state index in [4.69, 9.17) is 28.2 Å². The van der Waals surface area contributed by atoms with E-state index in [1.54, 1.807) is 12.1 Å². The summed E-state index contributed by atoms with van der Waals surface area (Å²) in [4.78, 5) is 11.5. The highest BCUT2D eigenvalue weighted by Gasteiger charge is 2.16. The molecule has 19 heavy (non-hydrogen) atoms. The van der Waals surface area contributed by atoms with Gasteiger partial charge in [0.25, 0.3) is 0 Å². The number of nitrogens with zero attached hydrogens (tertiary/aromatic N) is 3. The number of rotatable bonds is 1. The van der Waals surface area contributed by atoms with Crippen molar-refractivity contribution in [2.45, 2.75) is 6.92 Å². The highest BCUT2D eigenvalue weighted by atomic mass is 35.5. The molecule has 3 rings (SSSR count). The molecule has 1 aliphatic heterocycles. The van der Waals surface area contributed by atoms with E-state index in [1.807, 2.05) is 6.92 Å². The van der Waals surface area contributed by atoms with E-state index in [-0.39, 0.29) is 0 Å². The van der Waals surface area contributed by atoms with Crippen LogP contribution >= 0.6 is 23.2 Å². The lowest BCUT2D eigenvalue weighted by Crippen LogP contribution is -2.44. The minimum absolute atomic E-state index is 0.512. The summed E-state index contributed by atoms with van der Waals surface area (Å²) in [5, 5.41) is 4.35. The Morgan fingerprint density at radius 3 is 2.26 bits per heavy atom. The van der Waals surface area contributed by atoms with Crippen molar-refractivity contribution in [1.82, 2.24) is 15.3 Å². The van der Waals surface area contributed by atoms with Crippen molar-refractivity contribution in [2.24, 2.45) is 0 Å². The first-order valence-corrected chi connectivity index (χ1v) is 7.00. The van der Waals surface area contributed by atoms with Crippen molar-refractivity contribution in [3.8, 4) is 0 Å². The summed E-state index contributed by atoms with van der Waals surface area (Å²) in [5.41, 5.74) is 2.49. The summed E-state index contributed by atoms with van der Waals surface area (Å²) in [5.74, 6) is 0.937. The number of aryl methyl sites for hydroxylation is 1. The molecule has 1 N–H and O–H groups in total. The lowest BCUT2D eigenvalue weighted by Gasteiger charge is -2.29. The van der Waals surface area contributed by atoms with Gasteiger partial charge in [-0.2, -0.15) is 0 Å². The Morgan fingerprint density at radius 1 is 1.05 bits per heavy atom. The van der Waals surface area contributed by atoms with Gasteiger partial charge >= 0.3 is 0 Å². The molecule has 6 heteroatoms. The van der Waals surface area contributed by atoms with Gasteiger partial charge in [0, 0.05) is 26.2 Å². The molecule has 0 spiro atoms. The molecule has 0 radical (unpaired) electrons. The maximum absolute atomic E-state index is 6.04. The zero-order chi connectivity index (χ0) is 13.4. The van der Waals surface area contributed by atoms with E-state index in [9.17, 15) is 0 Å². The van der Waals surface area contributed by atoms with E-state index in [1.165, 1.54) is 0 Å². The van der Waals surface area contributed by atoms with Gasteiger partial charge in [0.15, 0.2) is 5.82 Å². The van der Waals surface area contributed by atoms with Gasteiger partial charge in [-0.05, 0) is 19.1 Å². The van der Waals surface area contributed by atoms with Gasteiger partial charge in [-0.15, -0.1) is 0 Å². The average Bonchev–Trinajstić information content (AvgIpc) is 2.41. The molecule has 2 aromatic rings. The number of nitrogens with one attached hydrogen (secondary N) is 1. The smallest absolute Gasteiger partial charge is 0.150 e. The van der Waals surface area contributed by atoms with Crippen LogP contribution in [0.25, 0.3) is 11.0 Å².